The monoisotopic (exact) mass is 285 g/mol. The SMILES string of the molecule is Fc1ccc(-c2nsc(NC3CC3)n2)c2ccccc12. The van der Waals surface area contributed by atoms with Crippen molar-refractivity contribution in [1.82, 2.24) is 9.36 Å². The van der Waals surface area contributed by atoms with Gasteiger partial charge in [-0.3, -0.25) is 0 Å². The second kappa shape index (κ2) is 4.52. The van der Waals surface area contributed by atoms with Crippen LogP contribution >= 0.6 is 11.5 Å². The van der Waals surface area contributed by atoms with Crippen LogP contribution in [0, 0.1) is 5.82 Å². The van der Waals surface area contributed by atoms with Crippen LogP contribution in [0.5, 0.6) is 0 Å². The van der Waals surface area contributed by atoms with E-state index in [1.807, 2.05) is 18.2 Å². The summed E-state index contributed by atoms with van der Waals surface area (Å²) >= 11 is 1.36. The van der Waals surface area contributed by atoms with Gasteiger partial charge in [-0.05, 0) is 30.4 Å². The van der Waals surface area contributed by atoms with Gasteiger partial charge in [0.05, 0.1) is 0 Å². The number of fused-ring (bicyclic) bond motifs is 1. The fraction of sp³-hybridized carbons (Fsp3) is 0.200. The van der Waals surface area contributed by atoms with Gasteiger partial charge in [0, 0.05) is 28.5 Å². The van der Waals surface area contributed by atoms with E-state index in [4.69, 9.17) is 0 Å². The van der Waals surface area contributed by atoms with Gasteiger partial charge in [0.1, 0.15) is 5.82 Å². The molecule has 0 amide bonds. The Labute approximate surface area is 119 Å². The van der Waals surface area contributed by atoms with E-state index in [1.54, 1.807) is 12.1 Å². The molecule has 2 aromatic carbocycles. The van der Waals surface area contributed by atoms with E-state index in [9.17, 15) is 4.39 Å². The first-order chi connectivity index (χ1) is 9.81. The molecule has 100 valence electrons. The van der Waals surface area contributed by atoms with Crippen molar-refractivity contribution in [3.8, 4) is 11.4 Å². The quantitative estimate of drug-likeness (QED) is 0.788. The van der Waals surface area contributed by atoms with Gasteiger partial charge < -0.3 is 5.32 Å². The molecule has 0 bridgehead atoms. The van der Waals surface area contributed by atoms with E-state index in [1.165, 1.54) is 30.4 Å². The third kappa shape index (κ3) is 2.04. The smallest absolute Gasteiger partial charge is 0.203 e. The van der Waals surface area contributed by atoms with Gasteiger partial charge in [0.2, 0.25) is 5.13 Å². The van der Waals surface area contributed by atoms with E-state index < -0.39 is 0 Å². The summed E-state index contributed by atoms with van der Waals surface area (Å²) in [5.41, 5.74) is 0.877. The van der Waals surface area contributed by atoms with Crippen LogP contribution in [0.1, 0.15) is 12.8 Å². The lowest BCUT2D eigenvalue weighted by atomic mass is 10.0. The molecule has 3 nitrogen and oxygen atoms in total. The van der Waals surface area contributed by atoms with Crippen molar-refractivity contribution >= 4 is 27.4 Å². The lowest BCUT2D eigenvalue weighted by Gasteiger charge is -2.04. The highest BCUT2D eigenvalue weighted by molar-refractivity contribution is 7.09. The maximum absolute atomic E-state index is 13.8. The molecule has 0 radical (unpaired) electrons. The summed E-state index contributed by atoms with van der Waals surface area (Å²) in [7, 11) is 0. The number of anilines is 1. The second-order valence-electron chi connectivity index (χ2n) is 4.98. The van der Waals surface area contributed by atoms with Crippen molar-refractivity contribution in [1.29, 1.82) is 0 Å². The zero-order valence-electron chi connectivity index (χ0n) is 10.6. The molecule has 0 aliphatic heterocycles. The molecule has 20 heavy (non-hydrogen) atoms. The fourth-order valence-corrected chi connectivity index (χ4v) is 2.91. The minimum Gasteiger partial charge on any atom is -0.358 e. The van der Waals surface area contributed by atoms with Gasteiger partial charge in [-0.15, -0.1) is 0 Å². The Morgan fingerprint density at radius 2 is 1.90 bits per heavy atom. The minimum absolute atomic E-state index is 0.212. The zero-order valence-corrected chi connectivity index (χ0v) is 11.5. The van der Waals surface area contributed by atoms with Crippen LogP contribution in [-0.4, -0.2) is 15.4 Å². The number of halogens is 1. The van der Waals surface area contributed by atoms with Crippen molar-refractivity contribution in [2.24, 2.45) is 0 Å². The molecule has 0 unspecified atom stereocenters. The normalized spacial score (nSPS) is 14.7. The Hall–Kier alpha value is -2.01. The Kier molecular flexibility index (Phi) is 2.67. The Bertz CT molecular complexity index is 780. The van der Waals surface area contributed by atoms with Crippen molar-refractivity contribution in [3.05, 3.63) is 42.2 Å². The number of rotatable bonds is 3. The number of hydrogen-bond acceptors (Lipinski definition) is 4. The molecule has 1 aromatic heterocycles. The van der Waals surface area contributed by atoms with E-state index >= 15 is 0 Å². The summed E-state index contributed by atoms with van der Waals surface area (Å²) in [6, 6.07) is 11.2. The van der Waals surface area contributed by atoms with Crippen LogP contribution in [0.15, 0.2) is 36.4 Å². The van der Waals surface area contributed by atoms with E-state index in [0.29, 0.717) is 17.3 Å². The van der Waals surface area contributed by atoms with Crippen molar-refractivity contribution < 1.29 is 4.39 Å². The predicted octanol–water partition coefficient (Wildman–Crippen LogP) is 4.07. The Morgan fingerprint density at radius 3 is 2.70 bits per heavy atom. The first-order valence-electron chi connectivity index (χ1n) is 6.59. The summed E-state index contributed by atoms with van der Waals surface area (Å²) in [6.07, 6.45) is 2.41. The van der Waals surface area contributed by atoms with Gasteiger partial charge in [0.25, 0.3) is 0 Å². The van der Waals surface area contributed by atoms with E-state index in [-0.39, 0.29) is 5.82 Å². The van der Waals surface area contributed by atoms with Crippen LogP contribution in [0.4, 0.5) is 9.52 Å². The highest BCUT2D eigenvalue weighted by atomic mass is 32.1. The zero-order chi connectivity index (χ0) is 13.5. The van der Waals surface area contributed by atoms with Crippen LogP contribution in [-0.2, 0) is 0 Å². The molecule has 0 atom stereocenters. The standard InChI is InChI=1S/C15H12FN3S/c16-13-8-7-12(10-3-1-2-4-11(10)13)14-18-15(20-19-14)17-9-5-6-9/h1-4,7-9H,5-6H2,(H,17,18,19). The summed E-state index contributed by atoms with van der Waals surface area (Å²) < 4.78 is 18.2. The second-order valence-corrected chi connectivity index (χ2v) is 5.73. The lowest BCUT2D eigenvalue weighted by Crippen LogP contribution is -1.99. The van der Waals surface area contributed by atoms with Gasteiger partial charge >= 0.3 is 0 Å². The highest BCUT2D eigenvalue weighted by Gasteiger charge is 2.22. The van der Waals surface area contributed by atoms with Gasteiger partial charge in [-0.25, -0.2) is 4.39 Å². The fourth-order valence-electron chi connectivity index (χ4n) is 2.25. The van der Waals surface area contributed by atoms with E-state index in [2.05, 4.69) is 14.7 Å². The number of benzene rings is 2. The summed E-state index contributed by atoms with van der Waals surface area (Å²) in [5, 5.41) is 5.64. The van der Waals surface area contributed by atoms with E-state index in [0.717, 1.165) is 16.1 Å². The topological polar surface area (TPSA) is 37.8 Å². The summed E-state index contributed by atoms with van der Waals surface area (Å²) in [5.74, 6) is 0.449. The average Bonchev–Trinajstić information content (AvgIpc) is 3.16. The molecule has 4 rings (SSSR count). The third-order valence-corrected chi connectivity index (χ3v) is 4.09. The van der Waals surface area contributed by atoms with Crippen molar-refractivity contribution in [3.63, 3.8) is 0 Å². The number of aromatic nitrogens is 2. The summed E-state index contributed by atoms with van der Waals surface area (Å²) in [6.45, 7) is 0. The Morgan fingerprint density at radius 1 is 1.10 bits per heavy atom. The van der Waals surface area contributed by atoms with Crippen LogP contribution in [0.2, 0.25) is 0 Å². The first-order valence-corrected chi connectivity index (χ1v) is 7.36. The molecule has 1 aliphatic carbocycles. The van der Waals surface area contributed by atoms with Crippen LogP contribution in [0.25, 0.3) is 22.2 Å². The maximum Gasteiger partial charge on any atom is 0.203 e. The minimum atomic E-state index is -0.212. The van der Waals surface area contributed by atoms with Gasteiger partial charge in [-0.2, -0.15) is 9.36 Å². The molecular formula is C15H12FN3S. The average molecular weight is 285 g/mol. The molecule has 1 aliphatic rings. The number of nitrogens with one attached hydrogen (secondary N) is 1. The van der Waals surface area contributed by atoms with Gasteiger partial charge in [0.15, 0.2) is 5.82 Å². The van der Waals surface area contributed by atoms with Crippen LogP contribution < -0.4 is 5.32 Å². The molecule has 5 heteroatoms. The predicted molar refractivity (Wildman–Crippen MR) is 79.5 cm³/mol. The highest BCUT2D eigenvalue weighted by Crippen LogP contribution is 2.31. The number of nitrogens with zero attached hydrogens (tertiary/aromatic N) is 2. The van der Waals surface area contributed by atoms with Crippen molar-refractivity contribution in [2.75, 3.05) is 5.32 Å². The Balaban J connectivity index is 1.81. The molecule has 1 N–H and O–H groups in total. The molecular weight excluding hydrogens is 273 g/mol. The third-order valence-electron chi connectivity index (χ3n) is 3.44. The summed E-state index contributed by atoms with van der Waals surface area (Å²) in [4.78, 5) is 4.51. The van der Waals surface area contributed by atoms with Crippen molar-refractivity contribution in [2.45, 2.75) is 18.9 Å². The largest absolute Gasteiger partial charge is 0.358 e. The molecule has 0 spiro atoms. The molecule has 1 saturated carbocycles. The number of hydrogen-bond donors (Lipinski definition) is 1. The van der Waals surface area contributed by atoms with Gasteiger partial charge in [-0.1, -0.05) is 24.3 Å². The molecule has 1 heterocycles. The molecule has 3 aromatic rings. The van der Waals surface area contributed by atoms with Crippen LogP contribution in [0.3, 0.4) is 0 Å². The maximum atomic E-state index is 13.8. The molecule has 0 saturated heterocycles. The molecule has 1 fully saturated rings. The lowest BCUT2D eigenvalue weighted by molar-refractivity contribution is 0.640. The first kappa shape index (κ1) is 11.8.